The summed E-state index contributed by atoms with van der Waals surface area (Å²) >= 11 is 0. The average Bonchev–Trinajstić information content (AvgIpc) is 2.60. The normalized spacial score (nSPS) is 11.4. The Labute approximate surface area is 155 Å². The minimum Gasteiger partial charge on any atom is -0.545 e. The van der Waals surface area contributed by atoms with Gasteiger partial charge in [-0.2, -0.15) is 0 Å². The summed E-state index contributed by atoms with van der Waals surface area (Å²) in [6.45, 7) is 4.95. The van der Waals surface area contributed by atoms with E-state index >= 15 is 0 Å². The molecule has 0 N–H and O–H groups in total. The molecule has 1 heterocycles. The van der Waals surface area contributed by atoms with E-state index in [-0.39, 0.29) is 28.0 Å². The maximum atomic E-state index is 12.7. The number of benzene rings is 2. The highest BCUT2D eigenvalue weighted by Crippen LogP contribution is 2.30. The van der Waals surface area contributed by atoms with Crippen LogP contribution in [0.15, 0.2) is 57.7 Å². The SMILES string of the molecule is CC(C)(C)C(=O)Oc1cc(C(=O)[O-])cc2oc(-c3ccccc3)cc(=O)c12. The van der Waals surface area contributed by atoms with Crippen LogP contribution in [-0.4, -0.2) is 11.9 Å². The van der Waals surface area contributed by atoms with E-state index in [9.17, 15) is 19.5 Å². The number of hydrogen-bond acceptors (Lipinski definition) is 6. The zero-order valence-electron chi connectivity index (χ0n) is 15.1. The van der Waals surface area contributed by atoms with Crippen LogP contribution in [0.5, 0.6) is 5.75 Å². The van der Waals surface area contributed by atoms with Crippen molar-refractivity contribution in [2.45, 2.75) is 20.8 Å². The fourth-order valence-electron chi connectivity index (χ4n) is 2.45. The predicted molar refractivity (Wildman–Crippen MR) is 97.3 cm³/mol. The molecule has 0 aliphatic rings. The largest absolute Gasteiger partial charge is 0.545 e. The molecule has 0 spiro atoms. The second kappa shape index (κ2) is 6.72. The molecule has 0 fully saturated rings. The summed E-state index contributed by atoms with van der Waals surface area (Å²) in [5, 5.41) is 11.3. The van der Waals surface area contributed by atoms with Crippen LogP contribution in [0.2, 0.25) is 0 Å². The number of hydrogen-bond donors (Lipinski definition) is 0. The summed E-state index contributed by atoms with van der Waals surface area (Å²) in [6.07, 6.45) is 0. The number of esters is 1. The molecule has 0 aliphatic heterocycles. The van der Waals surface area contributed by atoms with Gasteiger partial charge in [0.05, 0.1) is 11.4 Å². The lowest BCUT2D eigenvalue weighted by molar-refractivity contribution is -0.255. The first-order valence-electron chi connectivity index (χ1n) is 8.28. The molecule has 3 rings (SSSR count). The summed E-state index contributed by atoms with van der Waals surface area (Å²) in [4.78, 5) is 36.3. The zero-order chi connectivity index (χ0) is 19.8. The number of fused-ring (bicyclic) bond motifs is 1. The minimum atomic E-state index is -1.47. The Morgan fingerprint density at radius 2 is 1.70 bits per heavy atom. The van der Waals surface area contributed by atoms with Gasteiger partial charge in [0.1, 0.15) is 22.5 Å². The van der Waals surface area contributed by atoms with Gasteiger partial charge in [-0.15, -0.1) is 0 Å². The zero-order valence-corrected chi connectivity index (χ0v) is 15.1. The lowest BCUT2D eigenvalue weighted by Crippen LogP contribution is -2.27. The first-order valence-corrected chi connectivity index (χ1v) is 8.28. The van der Waals surface area contributed by atoms with Crippen molar-refractivity contribution in [3.05, 3.63) is 64.3 Å². The molecule has 1 aromatic heterocycles. The minimum absolute atomic E-state index is 0.000220. The summed E-state index contributed by atoms with van der Waals surface area (Å²) in [5.41, 5.74) is -0.888. The van der Waals surface area contributed by atoms with Crippen LogP contribution in [0, 0.1) is 5.41 Å². The number of carboxylic acid groups (broad SMARTS) is 1. The summed E-state index contributed by atoms with van der Waals surface area (Å²) in [5.74, 6) is -1.97. The fraction of sp³-hybridized carbons (Fsp3) is 0.190. The summed E-state index contributed by atoms with van der Waals surface area (Å²) in [6, 6.07) is 12.5. The molecule has 27 heavy (non-hydrogen) atoms. The maximum Gasteiger partial charge on any atom is 0.316 e. The van der Waals surface area contributed by atoms with Crippen LogP contribution >= 0.6 is 0 Å². The fourth-order valence-corrected chi connectivity index (χ4v) is 2.45. The van der Waals surface area contributed by atoms with Crippen LogP contribution in [0.3, 0.4) is 0 Å². The van der Waals surface area contributed by atoms with E-state index < -0.39 is 22.8 Å². The molecule has 6 nitrogen and oxygen atoms in total. The van der Waals surface area contributed by atoms with Gasteiger partial charge in [0.15, 0.2) is 5.43 Å². The van der Waals surface area contributed by atoms with Gasteiger partial charge in [0, 0.05) is 17.2 Å². The van der Waals surface area contributed by atoms with E-state index in [1.807, 2.05) is 6.07 Å². The Morgan fingerprint density at radius 1 is 1.04 bits per heavy atom. The highest BCUT2D eigenvalue weighted by Gasteiger charge is 2.25. The lowest BCUT2D eigenvalue weighted by atomic mass is 9.97. The number of aromatic carboxylic acids is 1. The Bertz CT molecular complexity index is 1090. The summed E-state index contributed by atoms with van der Waals surface area (Å²) < 4.78 is 11.1. The second-order valence-corrected chi connectivity index (χ2v) is 7.12. The van der Waals surface area contributed by atoms with Gasteiger partial charge in [0.2, 0.25) is 0 Å². The molecule has 3 aromatic rings. The van der Waals surface area contributed by atoms with E-state index in [1.165, 1.54) is 12.1 Å². The molecule has 0 saturated heterocycles. The summed E-state index contributed by atoms with van der Waals surface area (Å²) in [7, 11) is 0. The van der Waals surface area contributed by atoms with E-state index in [4.69, 9.17) is 9.15 Å². The quantitative estimate of drug-likeness (QED) is 0.523. The number of rotatable bonds is 3. The maximum absolute atomic E-state index is 12.7. The topological polar surface area (TPSA) is 96.6 Å². The smallest absolute Gasteiger partial charge is 0.316 e. The van der Waals surface area contributed by atoms with Crippen molar-refractivity contribution < 1.29 is 23.8 Å². The average molecular weight is 365 g/mol. The third-order valence-corrected chi connectivity index (χ3v) is 3.90. The van der Waals surface area contributed by atoms with Crippen LogP contribution in [0.25, 0.3) is 22.3 Å². The molecular formula is C21H17O6-. The molecule has 0 radical (unpaired) electrons. The van der Waals surface area contributed by atoms with Crippen molar-refractivity contribution in [2.24, 2.45) is 5.41 Å². The Kier molecular flexibility index (Phi) is 4.57. The number of ether oxygens (including phenoxy) is 1. The van der Waals surface area contributed by atoms with Crippen molar-refractivity contribution in [3.63, 3.8) is 0 Å². The molecule has 0 atom stereocenters. The third kappa shape index (κ3) is 3.74. The molecule has 138 valence electrons. The van der Waals surface area contributed by atoms with Crippen molar-refractivity contribution in [3.8, 4) is 17.1 Å². The standard InChI is InChI=1S/C21H18O6/c1-21(2,3)20(25)27-17-10-13(19(23)24)9-16-18(17)14(22)11-15(26-16)12-7-5-4-6-8-12/h4-11H,1-3H3,(H,23,24)/p-1. The van der Waals surface area contributed by atoms with Crippen molar-refractivity contribution in [2.75, 3.05) is 0 Å². The molecule has 0 amide bonds. The molecule has 0 aliphatic carbocycles. The van der Waals surface area contributed by atoms with E-state index in [0.29, 0.717) is 5.56 Å². The van der Waals surface area contributed by atoms with Crippen LogP contribution in [-0.2, 0) is 4.79 Å². The van der Waals surface area contributed by atoms with Gasteiger partial charge in [-0.25, -0.2) is 0 Å². The molecule has 0 saturated carbocycles. The van der Waals surface area contributed by atoms with Gasteiger partial charge in [-0.3, -0.25) is 9.59 Å². The van der Waals surface area contributed by atoms with E-state index in [2.05, 4.69) is 0 Å². The van der Waals surface area contributed by atoms with Crippen molar-refractivity contribution >= 4 is 22.9 Å². The monoisotopic (exact) mass is 365 g/mol. The van der Waals surface area contributed by atoms with Crippen molar-refractivity contribution in [1.29, 1.82) is 0 Å². The first kappa shape index (κ1) is 18.4. The van der Waals surface area contributed by atoms with Gasteiger partial charge in [-0.1, -0.05) is 30.3 Å². The van der Waals surface area contributed by atoms with Crippen LogP contribution < -0.4 is 15.3 Å². The van der Waals surface area contributed by atoms with Gasteiger partial charge < -0.3 is 19.1 Å². The van der Waals surface area contributed by atoms with E-state index in [1.54, 1.807) is 45.0 Å². The molecule has 0 bridgehead atoms. The predicted octanol–water partition coefficient (Wildman–Crippen LogP) is 2.78. The number of carboxylic acids is 1. The number of carbonyl (C=O) groups is 2. The van der Waals surface area contributed by atoms with Gasteiger partial charge in [0.25, 0.3) is 0 Å². The Balaban J connectivity index is 2.25. The first-order chi connectivity index (χ1) is 12.7. The lowest BCUT2D eigenvalue weighted by Gasteiger charge is -2.18. The van der Waals surface area contributed by atoms with Gasteiger partial charge >= 0.3 is 5.97 Å². The van der Waals surface area contributed by atoms with Crippen LogP contribution in [0.4, 0.5) is 0 Å². The van der Waals surface area contributed by atoms with Crippen molar-refractivity contribution in [1.82, 2.24) is 0 Å². The number of carbonyl (C=O) groups excluding carboxylic acids is 2. The Hall–Kier alpha value is -3.41. The third-order valence-electron chi connectivity index (χ3n) is 3.90. The molecule has 2 aromatic carbocycles. The highest BCUT2D eigenvalue weighted by atomic mass is 16.5. The molecular weight excluding hydrogens is 348 g/mol. The van der Waals surface area contributed by atoms with Crippen LogP contribution in [0.1, 0.15) is 31.1 Å². The van der Waals surface area contributed by atoms with Gasteiger partial charge in [-0.05, 0) is 32.9 Å². The highest BCUT2D eigenvalue weighted by molar-refractivity contribution is 5.96. The Morgan fingerprint density at radius 3 is 2.30 bits per heavy atom. The molecule has 6 heteroatoms. The molecule has 0 unspecified atom stereocenters. The van der Waals surface area contributed by atoms with E-state index in [0.717, 1.165) is 6.07 Å². The second-order valence-electron chi connectivity index (χ2n) is 7.12.